The van der Waals surface area contributed by atoms with Crippen LogP contribution in [0.15, 0.2) is 36.4 Å². The van der Waals surface area contributed by atoms with E-state index in [2.05, 4.69) is 0 Å². The highest BCUT2D eigenvalue weighted by Gasteiger charge is 2.32. The number of β-amino-alcohol motifs (C(OH)–C–C–N with tert-alkyl or cyclic N) is 1. The van der Waals surface area contributed by atoms with Crippen molar-refractivity contribution < 1.29 is 9.90 Å². The van der Waals surface area contributed by atoms with Crippen molar-refractivity contribution in [3.8, 4) is 0 Å². The zero-order valence-electron chi connectivity index (χ0n) is 10.5. The molecule has 1 heterocycles. The van der Waals surface area contributed by atoms with Gasteiger partial charge in [0.25, 0.3) is 5.91 Å². The Hall–Kier alpha value is -1.87. The van der Waals surface area contributed by atoms with Crippen molar-refractivity contribution in [1.82, 2.24) is 0 Å². The highest BCUT2D eigenvalue weighted by molar-refractivity contribution is 6.25. The van der Waals surface area contributed by atoms with Gasteiger partial charge in [-0.05, 0) is 31.4 Å². The number of hydrogen-bond donors (Lipinski definition) is 1. The summed E-state index contributed by atoms with van der Waals surface area (Å²) in [5.74, 6) is -0.0241. The number of hydrogen-bond acceptors (Lipinski definition) is 2. The summed E-state index contributed by atoms with van der Waals surface area (Å²) in [4.78, 5) is 14.0. The molecule has 1 N–H and O–H groups in total. The highest BCUT2D eigenvalue weighted by Crippen LogP contribution is 2.37. The minimum Gasteiger partial charge on any atom is -0.389 e. The molecule has 0 unspecified atom stereocenters. The highest BCUT2D eigenvalue weighted by atomic mass is 16.3. The van der Waals surface area contributed by atoms with E-state index >= 15 is 0 Å². The topological polar surface area (TPSA) is 40.5 Å². The molecule has 0 aromatic heterocycles. The predicted molar refractivity (Wildman–Crippen MR) is 71.9 cm³/mol. The van der Waals surface area contributed by atoms with Crippen LogP contribution in [0, 0.1) is 0 Å². The van der Waals surface area contributed by atoms with Gasteiger partial charge in [-0.2, -0.15) is 0 Å². The molecule has 0 bridgehead atoms. The quantitative estimate of drug-likeness (QED) is 0.877. The van der Waals surface area contributed by atoms with Crippen LogP contribution in [0.25, 0.3) is 10.8 Å². The van der Waals surface area contributed by atoms with Crippen molar-refractivity contribution in [1.29, 1.82) is 0 Å². The molecule has 3 heteroatoms. The molecular weight excluding hydrogens is 226 g/mol. The van der Waals surface area contributed by atoms with Gasteiger partial charge >= 0.3 is 0 Å². The molecule has 0 saturated heterocycles. The molecule has 0 fully saturated rings. The van der Waals surface area contributed by atoms with Crippen LogP contribution in [-0.4, -0.2) is 23.2 Å². The number of benzene rings is 2. The van der Waals surface area contributed by atoms with Gasteiger partial charge in [-0.1, -0.05) is 24.3 Å². The van der Waals surface area contributed by atoms with Crippen molar-refractivity contribution in [2.75, 3.05) is 11.4 Å². The van der Waals surface area contributed by atoms with Gasteiger partial charge in [0.1, 0.15) is 0 Å². The molecule has 3 nitrogen and oxygen atoms in total. The van der Waals surface area contributed by atoms with Crippen molar-refractivity contribution in [3.05, 3.63) is 42.0 Å². The van der Waals surface area contributed by atoms with Crippen LogP contribution < -0.4 is 4.90 Å². The second-order valence-electron chi connectivity index (χ2n) is 5.38. The summed E-state index contributed by atoms with van der Waals surface area (Å²) in [5, 5.41) is 12.0. The van der Waals surface area contributed by atoms with Crippen LogP contribution in [0.3, 0.4) is 0 Å². The third-order valence-electron chi connectivity index (χ3n) is 3.19. The molecule has 3 rings (SSSR count). The smallest absolute Gasteiger partial charge is 0.259 e. The number of anilines is 1. The predicted octanol–water partition coefficient (Wildman–Crippen LogP) is 2.57. The average molecular weight is 241 g/mol. The van der Waals surface area contributed by atoms with E-state index in [9.17, 15) is 9.90 Å². The molecule has 0 aliphatic carbocycles. The van der Waals surface area contributed by atoms with Crippen LogP contribution in [0.5, 0.6) is 0 Å². The molecule has 0 spiro atoms. The Kier molecular flexibility index (Phi) is 2.22. The van der Waals surface area contributed by atoms with Gasteiger partial charge in [-0.15, -0.1) is 0 Å². The van der Waals surface area contributed by atoms with Crippen LogP contribution >= 0.6 is 0 Å². The normalized spacial score (nSPS) is 14.6. The Bertz CT molecular complexity index is 635. The van der Waals surface area contributed by atoms with Gasteiger partial charge in [0, 0.05) is 10.9 Å². The number of aliphatic hydroxyl groups is 1. The first-order chi connectivity index (χ1) is 8.47. The largest absolute Gasteiger partial charge is 0.389 e. The fraction of sp³-hybridized carbons (Fsp3) is 0.267. The monoisotopic (exact) mass is 241 g/mol. The maximum Gasteiger partial charge on any atom is 0.259 e. The number of amides is 1. The van der Waals surface area contributed by atoms with Crippen molar-refractivity contribution in [3.63, 3.8) is 0 Å². The zero-order chi connectivity index (χ0) is 12.9. The lowest BCUT2D eigenvalue weighted by Crippen LogP contribution is -2.40. The standard InChI is InChI=1S/C15H15NO2/c1-15(2,18)9-16-12-8-4-6-10-5-3-7-11(13(10)12)14(16)17/h3-8,18H,9H2,1-2H3. The minimum atomic E-state index is -0.903. The SMILES string of the molecule is CC(C)(O)CN1C(=O)c2cccc3cccc1c23. The van der Waals surface area contributed by atoms with Gasteiger partial charge in [0.15, 0.2) is 0 Å². The lowest BCUT2D eigenvalue weighted by molar-refractivity contribution is 0.0781. The Morgan fingerprint density at radius 3 is 2.50 bits per heavy atom. The van der Waals surface area contributed by atoms with Gasteiger partial charge in [0.2, 0.25) is 0 Å². The third-order valence-corrected chi connectivity index (χ3v) is 3.19. The molecule has 0 saturated carbocycles. The average Bonchev–Trinajstić information content (AvgIpc) is 2.56. The second kappa shape index (κ2) is 3.56. The Morgan fingerprint density at radius 1 is 1.17 bits per heavy atom. The summed E-state index contributed by atoms with van der Waals surface area (Å²) in [6, 6.07) is 11.6. The summed E-state index contributed by atoms with van der Waals surface area (Å²) < 4.78 is 0. The van der Waals surface area contributed by atoms with Gasteiger partial charge in [-0.3, -0.25) is 4.79 Å². The summed E-state index contributed by atoms with van der Waals surface area (Å²) in [6.45, 7) is 3.73. The fourth-order valence-electron chi connectivity index (χ4n) is 2.52. The van der Waals surface area contributed by atoms with E-state index in [1.165, 1.54) is 0 Å². The second-order valence-corrected chi connectivity index (χ2v) is 5.38. The third kappa shape index (κ3) is 1.59. The van der Waals surface area contributed by atoms with Crippen LogP contribution in [0.2, 0.25) is 0 Å². The number of carbonyl (C=O) groups excluding carboxylic acids is 1. The molecule has 0 radical (unpaired) electrons. The molecule has 92 valence electrons. The van der Waals surface area contributed by atoms with Gasteiger partial charge in [-0.25, -0.2) is 0 Å². The van der Waals surface area contributed by atoms with Crippen LogP contribution in [-0.2, 0) is 0 Å². The summed E-state index contributed by atoms with van der Waals surface area (Å²) in [7, 11) is 0. The van der Waals surface area contributed by atoms with Gasteiger partial charge in [0.05, 0.1) is 17.8 Å². The molecule has 18 heavy (non-hydrogen) atoms. The zero-order valence-corrected chi connectivity index (χ0v) is 10.5. The Labute approximate surface area is 106 Å². The lowest BCUT2D eigenvalue weighted by atomic mass is 10.1. The van der Waals surface area contributed by atoms with Crippen LogP contribution in [0.4, 0.5) is 5.69 Å². The van der Waals surface area contributed by atoms with E-state index in [0.29, 0.717) is 6.54 Å². The molecular formula is C15H15NO2. The maximum atomic E-state index is 12.4. The molecule has 1 amide bonds. The molecule has 1 aliphatic heterocycles. The number of carbonyl (C=O) groups is 1. The van der Waals surface area contributed by atoms with E-state index in [4.69, 9.17) is 0 Å². The van der Waals surface area contributed by atoms with Crippen LogP contribution in [0.1, 0.15) is 24.2 Å². The first-order valence-electron chi connectivity index (χ1n) is 6.03. The summed E-state index contributed by atoms with van der Waals surface area (Å²) in [5.41, 5.74) is 0.724. The molecule has 2 aromatic carbocycles. The molecule has 0 atom stereocenters. The number of rotatable bonds is 2. The summed E-state index contributed by atoms with van der Waals surface area (Å²) >= 11 is 0. The molecule has 1 aliphatic rings. The van der Waals surface area contributed by atoms with Crippen molar-refractivity contribution >= 4 is 22.4 Å². The summed E-state index contributed by atoms with van der Waals surface area (Å²) in [6.07, 6.45) is 0. The lowest BCUT2D eigenvalue weighted by Gasteiger charge is -2.26. The maximum absolute atomic E-state index is 12.4. The fourth-order valence-corrected chi connectivity index (χ4v) is 2.52. The minimum absolute atomic E-state index is 0.0241. The van der Waals surface area contributed by atoms with E-state index in [0.717, 1.165) is 22.0 Å². The number of nitrogens with zero attached hydrogens (tertiary/aromatic N) is 1. The first kappa shape index (κ1) is 11.2. The van der Waals surface area contributed by atoms with Gasteiger partial charge < -0.3 is 10.0 Å². The van der Waals surface area contributed by atoms with E-state index < -0.39 is 5.60 Å². The first-order valence-corrected chi connectivity index (χ1v) is 6.03. The van der Waals surface area contributed by atoms with Crippen molar-refractivity contribution in [2.45, 2.75) is 19.4 Å². The van der Waals surface area contributed by atoms with E-state index in [1.807, 2.05) is 36.4 Å². The molecule has 2 aromatic rings. The van der Waals surface area contributed by atoms with Crippen molar-refractivity contribution in [2.24, 2.45) is 0 Å². The Morgan fingerprint density at radius 2 is 1.83 bits per heavy atom. The van der Waals surface area contributed by atoms with E-state index in [1.54, 1.807) is 18.7 Å². The van der Waals surface area contributed by atoms with E-state index in [-0.39, 0.29) is 5.91 Å². The Balaban J connectivity index is 2.20.